The SMILES string of the molecule is COc1ccc2cc(-c3cc(-c4cc(Cl)cc(Cl)c4)nn3C(C)c3ccc(C(=O)NCC(C)C(=O)O)cc3)ccc2c1. The fraction of sp³-hybridized carbons (Fsp3) is 0.182. The number of hydrogen-bond donors (Lipinski definition) is 2. The van der Waals surface area contributed by atoms with Crippen LogP contribution in [0, 0.1) is 5.92 Å². The summed E-state index contributed by atoms with van der Waals surface area (Å²) in [6, 6.07) is 26.6. The quantitative estimate of drug-likeness (QED) is 0.180. The standard InChI is InChI=1S/C33H29Cl2N3O4/c1-19(33(40)41)18-36-32(39)22-6-4-21(5-7-22)20(2)38-31(17-30(37-38)26-13-27(34)16-28(35)14-26)25-9-8-24-15-29(42-3)11-10-23(24)12-25/h4-17,19-20H,18H2,1-3H3,(H,36,39)(H,40,41). The fourth-order valence-corrected chi connectivity index (χ4v) is 5.27. The van der Waals surface area contributed by atoms with Gasteiger partial charge in [-0.15, -0.1) is 0 Å². The largest absolute Gasteiger partial charge is 0.497 e. The summed E-state index contributed by atoms with van der Waals surface area (Å²) >= 11 is 12.6. The van der Waals surface area contributed by atoms with Crippen molar-refractivity contribution in [2.24, 2.45) is 5.92 Å². The Kier molecular flexibility index (Phi) is 8.52. The lowest BCUT2D eigenvalue weighted by Crippen LogP contribution is -2.31. The molecule has 0 aliphatic heterocycles. The Hall–Kier alpha value is -4.33. The van der Waals surface area contributed by atoms with Gasteiger partial charge in [0.2, 0.25) is 0 Å². The molecule has 5 aromatic rings. The first kappa shape index (κ1) is 29.2. The van der Waals surface area contributed by atoms with E-state index in [9.17, 15) is 9.59 Å². The van der Waals surface area contributed by atoms with Gasteiger partial charge in [-0.1, -0.05) is 60.5 Å². The lowest BCUT2D eigenvalue weighted by Gasteiger charge is -2.17. The van der Waals surface area contributed by atoms with Crippen molar-refractivity contribution < 1.29 is 19.4 Å². The minimum Gasteiger partial charge on any atom is -0.497 e. The average Bonchev–Trinajstić information content (AvgIpc) is 3.44. The van der Waals surface area contributed by atoms with Gasteiger partial charge in [-0.05, 0) is 77.9 Å². The van der Waals surface area contributed by atoms with Gasteiger partial charge in [-0.2, -0.15) is 5.10 Å². The minimum atomic E-state index is -0.958. The van der Waals surface area contributed by atoms with Crippen LogP contribution < -0.4 is 10.1 Å². The molecule has 9 heteroatoms. The number of amides is 1. The van der Waals surface area contributed by atoms with Gasteiger partial charge >= 0.3 is 5.97 Å². The Morgan fingerprint density at radius 1 is 0.881 bits per heavy atom. The number of hydrogen-bond acceptors (Lipinski definition) is 4. The maximum atomic E-state index is 12.6. The van der Waals surface area contributed by atoms with Crippen LogP contribution in [0.1, 0.15) is 35.8 Å². The summed E-state index contributed by atoms with van der Waals surface area (Å²) in [6.45, 7) is 3.64. The van der Waals surface area contributed by atoms with Crippen molar-refractivity contribution in [3.8, 4) is 28.3 Å². The molecule has 0 spiro atoms. The second kappa shape index (κ2) is 12.3. The highest BCUT2D eigenvalue weighted by Gasteiger charge is 2.19. The van der Waals surface area contributed by atoms with Crippen LogP contribution in [-0.2, 0) is 4.79 Å². The van der Waals surface area contributed by atoms with Gasteiger partial charge in [0.1, 0.15) is 5.75 Å². The van der Waals surface area contributed by atoms with E-state index in [0.717, 1.165) is 44.6 Å². The number of nitrogens with one attached hydrogen (secondary N) is 1. The van der Waals surface area contributed by atoms with E-state index >= 15 is 0 Å². The van der Waals surface area contributed by atoms with Crippen molar-refractivity contribution in [3.63, 3.8) is 0 Å². The van der Waals surface area contributed by atoms with Gasteiger partial charge in [0.15, 0.2) is 0 Å². The Bertz CT molecular complexity index is 1760. The van der Waals surface area contributed by atoms with Crippen molar-refractivity contribution in [2.45, 2.75) is 19.9 Å². The summed E-state index contributed by atoms with van der Waals surface area (Å²) in [7, 11) is 1.65. The second-order valence-electron chi connectivity index (χ2n) is 10.2. The van der Waals surface area contributed by atoms with E-state index in [1.54, 1.807) is 32.2 Å². The summed E-state index contributed by atoms with van der Waals surface area (Å²) in [4.78, 5) is 23.6. The number of ether oxygens (including phenoxy) is 1. The number of fused-ring (bicyclic) bond motifs is 1. The third-order valence-corrected chi connectivity index (χ3v) is 7.69. The molecule has 1 aromatic heterocycles. The predicted molar refractivity (Wildman–Crippen MR) is 167 cm³/mol. The maximum absolute atomic E-state index is 12.6. The first-order chi connectivity index (χ1) is 20.1. The lowest BCUT2D eigenvalue weighted by atomic mass is 10.0. The zero-order chi connectivity index (χ0) is 30.0. The third kappa shape index (κ3) is 6.27. The number of carbonyl (C=O) groups excluding carboxylic acids is 1. The van der Waals surface area contributed by atoms with Crippen molar-refractivity contribution in [2.75, 3.05) is 13.7 Å². The Balaban J connectivity index is 1.51. The van der Waals surface area contributed by atoms with E-state index < -0.39 is 11.9 Å². The molecule has 0 fully saturated rings. The Labute approximate surface area is 253 Å². The Morgan fingerprint density at radius 3 is 2.21 bits per heavy atom. The molecule has 5 rings (SSSR count). The van der Waals surface area contributed by atoms with Crippen LogP contribution in [-0.4, -0.2) is 40.4 Å². The van der Waals surface area contributed by atoms with Crippen LogP contribution in [0.3, 0.4) is 0 Å². The molecule has 0 saturated carbocycles. The highest BCUT2D eigenvalue weighted by molar-refractivity contribution is 6.35. The predicted octanol–water partition coefficient (Wildman–Crippen LogP) is 7.75. The molecule has 0 aliphatic carbocycles. The maximum Gasteiger partial charge on any atom is 0.308 e. The molecule has 214 valence electrons. The number of carbonyl (C=O) groups is 2. The van der Waals surface area contributed by atoms with Crippen molar-refractivity contribution in [3.05, 3.63) is 106 Å². The summed E-state index contributed by atoms with van der Waals surface area (Å²) in [5, 5.41) is 19.9. The molecule has 1 amide bonds. The average molecular weight is 603 g/mol. The van der Waals surface area contributed by atoms with E-state index in [4.69, 9.17) is 38.1 Å². The number of rotatable bonds is 9. The van der Waals surface area contributed by atoms with Crippen molar-refractivity contribution >= 4 is 45.9 Å². The molecule has 2 N–H and O–H groups in total. The number of aliphatic carboxylic acids is 1. The third-order valence-electron chi connectivity index (χ3n) is 7.25. The molecule has 42 heavy (non-hydrogen) atoms. The van der Waals surface area contributed by atoms with E-state index in [0.29, 0.717) is 15.6 Å². The number of halogens is 2. The number of benzene rings is 4. The highest BCUT2D eigenvalue weighted by Crippen LogP contribution is 2.35. The number of methoxy groups -OCH3 is 1. The lowest BCUT2D eigenvalue weighted by molar-refractivity contribution is -0.140. The van der Waals surface area contributed by atoms with E-state index in [2.05, 4.69) is 23.5 Å². The molecule has 0 bridgehead atoms. The molecule has 2 atom stereocenters. The summed E-state index contributed by atoms with van der Waals surface area (Å²) in [5.41, 5.74) is 4.79. The molecule has 2 unspecified atom stereocenters. The Morgan fingerprint density at radius 2 is 1.55 bits per heavy atom. The van der Waals surface area contributed by atoms with Gasteiger partial charge in [-0.25, -0.2) is 0 Å². The highest BCUT2D eigenvalue weighted by atomic mass is 35.5. The molecule has 0 radical (unpaired) electrons. The molecule has 4 aromatic carbocycles. The van der Waals surface area contributed by atoms with E-state index in [1.165, 1.54) is 0 Å². The molecule has 0 saturated heterocycles. The number of aromatic nitrogens is 2. The van der Waals surface area contributed by atoms with Crippen LogP contribution in [0.2, 0.25) is 10.0 Å². The van der Waals surface area contributed by atoms with Crippen LogP contribution in [0.4, 0.5) is 0 Å². The fourth-order valence-electron chi connectivity index (χ4n) is 4.75. The minimum absolute atomic E-state index is 0.0534. The van der Waals surface area contributed by atoms with Crippen molar-refractivity contribution in [1.29, 1.82) is 0 Å². The van der Waals surface area contributed by atoms with Crippen LogP contribution in [0.15, 0.2) is 84.9 Å². The molecule has 7 nitrogen and oxygen atoms in total. The van der Waals surface area contributed by atoms with Gasteiger partial charge in [0.05, 0.1) is 30.5 Å². The number of carboxylic acids is 1. The zero-order valence-corrected chi connectivity index (χ0v) is 24.8. The number of nitrogens with zero attached hydrogens (tertiary/aromatic N) is 2. The van der Waals surface area contributed by atoms with Crippen LogP contribution in [0.25, 0.3) is 33.3 Å². The normalized spacial score (nSPS) is 12.6. The van der Waals surface area contributed by atoms with Gasteiger partial charge < -0.3 is 15.2 Å². The molecular weight excluding hydrogens is 573 g/mol. The van der Waals surface area contributed by atoms with Crippen molar-refractivity contribution in [1.82, 2.24) is 15.1 Å². The zero-order valence-electron chi connectivity index (χ0n) is 23.3. The van der Waals surface area contributed by atoms with E-state index in [1.807, 2.05) is 60.1 Å². The summed E-state index contributed by atoms with van der Waals surface area (Å²) < 4.78 is 7.34. The molecular formula is C33H29Cl2N3O4. The first-order valence-electron chi connectivity index (χ1n) is 13.4. The van der Waals surface area contributed by atoms with Gasteiger partial charge in [0, 0.05) is 33.3 Å². The van der Waals surface area contributed by atoms with Gasteiger partial charge in [0.25, 0.3) is 5.91 Å². The smallest absolute Gasteiger partial charge is 0.308 e. The summed E-state index contributed by atoms with van der Waals surface area (Å²) in [6.07, 6.45) is 0. The van der Waals surface area contributed by atoms with Crippen LogP contribution >= 0.6 is 23.2 Å². The molecule has 0 aliphatic rings. The molecule has 1 heterocycles. The van der Waals surface area contributed by atoms with Crippen LogP contribution in [0.5, 0.6) is 5.75 Å². The topological polar surface area (TPSA) is 93.5 Å². The van der Waals surface area contributed by atoms with E-state index in [-0.39, 0.29) is 18.5 Å². The summed E-state index contributed by atoms with van der Waals surface area (Å²) in [5.74, 6) is -1.16. The monoisotopic (exact) mass is 601 g/mol. The second-order valence-corrected chi connectivity index (χ2v) is 11.1. The first-order valence-corrected chi connectivity index (χ1v) is 14.1. The number of carboxylic acid groups (broad SMARTS) is 1. The van der Waals surface area contributed by atoms with Gasteiger partial charge in [-0.3, -0.25) is 14.3 Å².